The van der Waals surface area contributed by atoms with E-state index in [1.165, 1.54) is 0 Å². The van der Waals surface area contributed by atoms with Gasteiger partial charge in [0.15, 0.2) is 0 Å². The predicted octanol–water partition coefficient (Wildman–Crippen LogP) is 3.43. The Labute approximate surface area is 182 Å². The average molecular weight is 431 g/mol. The summed E-state index contributed by atoms with van der Waals surface area (Å²) in [7, 11) is 0. The summed E-state index contributed by atoms with van der Waals surface area (Å²) in [6.07, 6.45) is 1.12. The number of benzene rings is 1. The van der Waals surface area contributed by atoms with Crippen molar-refractivity contribution in [2.75, 3.05) is 13.1 Å². The van der Waals surface area contributed by atoms with Crippen LogP contribution in [0.25, 0.3) is 20.7 Å². The van der Waals surface area contributed by atoms with Crippen molar-refractivity contribution in [3.8, 4) is 10.4 Å². The van der Waals surface area contributed by atoms with Gasteiger partial charge >= 0.3 is 0 Å². The number of aromatic amines is 1. The van der Waals surface area contributed by atoms with Crippen molar-refractivity contribution in [3.05, 3.63) is 86.8 Å². The van der Waals surface area contributed by atoms with Crippen LogP contribution in [0.4, 0.5) is 0 Å². The number of H-pyrrole nitrogens is 1. The fourth-order valence-electron chi connectivity index (χ4n) is 5.13. The van der Waals surface area contributed by atoms with E-state index < -0.39 is 0 Å². The lowest BCUT2D eigenvalue weighted by atomic mass is 9.83. The Morgan fingerprint density at radius 3 is 2.77 bits per heavy atom. The molecule has 0 radical (unpaired) electrons. The van der Waals surface area contributed by atoms with Gasteiger partial charge in [-0.25, -0.2) is 4.98 Å². The largest absolute Gasteiger partial charge is 0.312 e. The van der Waals surface area contributed by atoms with Crippen LogP contribution in [0.5, 0.6) is 0 Å². The maximum Gasteiger partial charge on any atom is 0.259 e. The van der Waals surface area contributed by atoms with Crippen molar-refractivity contribution in [3.63, 3.8) is 0 Å². The molecule has 31 heavy (non-hydrogen) atoms. The minimum absolute atomic E-state index is 0.0764. The molecule has 0 saturated carbocycles. The van der Waals surface area contributed by atoms with Gasteiger partial charge in [-0.05, 0) is 30.0 Å². The van der Waals surface area contributed by atoms with Crippen LogP contribution in [0.3, 0.4) is 0 Å². The number of nitrogens with one attached hydrogen (secondary N) is 1. The number of rotatable bonds is 3. The number of nitrogens with zero attached hydrogens (tertiary/aromatic N) is 3. The van der Waals surface area contributed by atoms with Crippen molar-refractivity contribution in [2.45, 2.75) is 25.4 Å². The van der Waals surface area contributed by atoms with Gasteiger partial charge < -0.3 is 9.55 Å². The average Bonchev–Trinajstić information content (AvgIpc) is 3.20. The highest BCUT2D eigenvalue weighted by molar-refractivity contribution is 7.21. The molecule has 1 fully saturated rings. The van der Waals surface area contributed by atoms with Gasteiger partial charge in [0.2, 0.25) is 0 Å². The Morgan fingerprint density at radius 1 is 1.03 bits per heavy atom. The van der Waals surface area contributed by atoms with Crippen molar-refractivity contribution in [1.29, 1.82) is 0 Å². The molecule has 3 aromatic heterocycles. The number of likely N-dealkylation sites (tertiary alicyclic amines) is 1. The van der Waals surface area contributed by atoms with E-state index in [1.807, 2.05) is 34.9 Å². The zero-order valence-electron chi connectivity index (χ0n) is 17.0. The summed E-state index contributed by atoms with van der Waals surface area (Å²) in [5.74, 6) is 1.51. The summed E-state index contributed by atoms with van der Waals surface area (Å²) in [6, 6.07) is 17.6. The van der Waals surface area contributed by atoms with E-state index in [0.29, 0.717) is 29.6 Å². The van der Waals surface area contributed by atoms with Gasteiger partial charge in [-0.15, -0.1) is 11.3 Å². The van der Waals surface area contributed by atoms with Crippen LogP contribution in [0.15, 0.2) is 64.2 Å². The van der Waals surface area contributed by atoms with E-state index >= 15 is 0 Å². The molecule has 2 aliphatic rings. The van der Waals surface area contributed by atoms with Gasteiger partial charge in [-0.1, -0.05) is 36.4 Å². The molecule has 6 nitrogen and oxygen atoms in total. The van der Waals surface area contributed by atoms with Crippen LogP contribution in [0, 0.1) is 5.92 Å². The van der Waals surface area contributed by atoms with Crippen molar-refractivity contribution in [1.82, 2.24) is 19.4 Å². The number of hydrogen-bond donors (Lipinski definition) is 1. The molecule has 0 unspecified atom stereocenters. The smallest absolute Gasteiger partial charge is 0.259 e. The molecule has 0 amide bonds. The predicted molar refractivity (Wildman–Crippen MR) is 123 cm³/mol. The quantitative estimate of drug-likeness (QED) is 0.541. The first-order valence-corrected chi connectivity index (χ1v) is 11.5. The molecular weight excluding hydrogens is 408 g/mol. The lowest BCUT2D eigenvalue weighted by Gasteiger charge is -2.42. The van der Waals surface area contributed by atoms with Gasteiger partial charge in [0.25, 0.3) is 11.1 Å². The highest BCUT2D eigenvalue weighted by Crippen LogP contribution is 2.35. The summed E-state index contributed by atoms with van der Waals surface area (Å²) >= 11 is 1.56. The second-order valence-corrected chi connectivity index (χ2v) is 9.63. The lowest BCUT2D eigenvalue weighted by Crippen LogP contribution is -2.46. The minimum Gasteiger partial charge on any atom is -0.312 e. The van der Waals surface area contributed by atoms with E-state index in [9.17, 15) is 9.59 Å². The van der Waals surface area contributed by atoms with E-state index in [4.69, 9.17) is 4.98 Å². The first-order chi connectivity index (χ1) is 15.1. The second-order valence-electron chi connectivity index (χ2n) is 8.60. The molecule has 4 aromatic rings. The van der Waals surface area contributed by atoms with Gasteiger partial charge in [-0.2, -0.15) is 0 Å². The maximum absolute atomic E-state index is 12.7. The summed E-state index contributed by atoms with van der Waals surface area (Å²) in [6.45, 7) is 3.18. The van der Waals surface area contributed by atoms with Gasteiger partial charge in [-0.3, -0.25) is 14.5 Å². The molecule has 1 aromatic carbocycles. The molecule has 2 atom stereocenters. The first-order valence-electron chi connectivity index (χ1n) is 10.6. The number of hydrogen-bond acceptors (Lipinski definition) is 5. The highest BCUT2D eigenvalue weighted by atomic mass is 32.1. The minimum atomic E-state index is -0.0764. The van der Waals surface area contributed by atoms with Crippen LogP contribution in [-0.2, 0) is 13.1 Å². The Balaban J connectivity index is 1.28. The zero-order valence-corrected chi connectivity index (χ0v) is 17.8. The Morgan fingerprint density at radius 2 is 1.90 bits per heavy atom. The summed E-state index contributed by atoms with van der Waals surface area (Å²) < 4.78 is 1.94. The topological polar surface area (TPSA) is 71.0 Å². The maximum atomic E-state index is 12.7. The van der Waals surface area contributed by atoms with Gasteiger partial charge in [0, 0.05) is 42.2 Å². The number of thiophene rings is 1. The van der Waals surface area contributed by atoms with Gasteiger partial charge in [0.1, 0.15) is 10.7 Å². The van der Waals surface area contributed by atoms with E-state index in [-0.39, 0.29) is 11.1 Å². The normalized spacial score (nSPS) is 20.6. The third-order valence-corrected chi connectivity index (χ3v) is 7.52. The number of piperidine rings is 1. The standard InChI is InChI=1S/C24H22N4O2S/c29-22-8-4-7-19-17-9-15(12-28(19)22)11-27(13-17)14-21-25-23(30)18-10-20(31-24(18)26-21)16-5-2-1-3-6-16/h1-8,10,15,17H,9,11-14H2,(H,25,26,30)/t15-,17+/m0/s1. The molecule has 6 rings (SSSR count). The van der Waals surface area contributed by atoms with Gasteiger partial charge in [0.05, 0.1) is 11.9 Å². The SMILES string of the molecule is O=c1[nH]c(CN2C[C@@H]3C[C@H](C2)c2cccc(=O)n2C3)nc2sc(-c3ccccc3)cc12. The Bertz CT molecular complexity index is 1390. The van der Waals surface area contributed by atoms with E-state index in [0.717, 1.165) is 47.0 Å². The molecular formula is C24H22N4O2S. The van der Waals surface area contributed by atoms with Crippen molar-refractivity contribution in [2.24, 2.45) is 5.92 Å². The summed E-state index contributed by atoms with van der Waals surface area (Å²) in [5.41, 5.74) is 2.26. The molecule has 5 heterocycles. The van der Waals surface area contributed by atoms with E-state index in [1.54, 1.807) is 17.4 Å². The molecule has 156 valence electrons. The molecule has 0 spiro atoms. The zero-order chi connectivity index (χ0) is 20.9. The van der Waals surface area contributed by atoms with Crippen molar-refractivity contribution >= 4 is 21.6 Å². The molecule has 0 aliphatic carbocycles. The summed E-state index contributed by atoms with van der Waals surface area (Å²) in [4.78, 5) is 37.0. The lowest BCUT2D eigenvalue weighted by molar-refractivity contribution is 0.112. The van der Waals surface area contributed by atoms with Crippen LogP contribution >= 0.6 is 11.3 Å². The number of aromatic nitrogens is 3. The Kier molecular flexibility index (Phi) is 4.40. The second kappa shape index (κ2) is 7.28. The number of pyridine rings is 1. The van der Waals surface area contributed by atoms with Crippen LogP contribution < -0.4 is 11.1 Å². The van der Waals surface area contributed by atoms with Crippen LogP contribution in [-0.4, -0.2) is 32.5 Å². The summed E-state index contributed by atoms with van der Waals surface area (Å²) in [5, 5.41) is 0.649. The molecule has 7 heteroatoms. The fourth-order valence-corrected chi connectivity index (χ4v) is 6.19. The molecule has 2 aliphatic heterocycles. The highest BCUT2D eigenvalue weighted by Gasteiger charge is 2.34. The first kappa shape index (κ1) is 18.7. The van der Waals surface area contributed by atoms with Crippen molar-refractivity contribution < 1.29 is 0 Å². The molecule has 1 N–H and O–H groups in total. The fraction of sp³-hybridized carbons (Fsp3) is 0.292. The molecule has 1 saturated heterocycles. The number of fused-ring (bicyclic) bond motifs is 5. The van der Waals surface area contributed by atoms with Crippen LogP contribution in [0.1, 0.15) is 23.9 Å². The third kappa shape index (κ3) is 3.34. The molecule has 2 bridgehead atoms. The Hall–Kier alpha value is -3.03. The van der Waals surface area contributed by atoms with E-state index in [2.05, 4.69) is 28.1 Å². The van der Waals surface area contributed by atoms with Crippen LogP contribution in [0.2, 0.25) is 0 Å². The monoisotopic (exact) mass is 430 g/mol. The third-order valence-electron chi connectivity index (χ3n) is 6.44.